The normalized spacial score (nSPS) is 14.1. The van der Waals surface area contributed by atoms with Gasteiger partial charge in [-0.2, -0.15) is 0 Å². The number of amides is 1. The Kier molecular flexibility index (Phi) is 5.96. The number of hydrogen-bond acceptors (Lipinski definition) is 4. The van der Waals surface area contributed by atoms with Crippen LogP contribution in [0.15, 0.2) is 54.6 Å². The number of aryl methyl sites for hydroxylation is 1. The molecular formula is C21H25N3O3. The Balaban J connectivity index is 1.60. The second kappa shape index (κ2) is 8.58. The summed E-state index contributed by atoms with van der Waals surface area (Å²) in [5.41, 5.74) is 3.14. The fourth-order valence-corrected chi connectivity index (χ4v) is 3.34. The molecule has 1 fully saturated rings. The average molecular weight is 367 g/mol. The number of hydrogen-bond donors (Lipinski definition) is 1. The van der Waals surface area contributed by atoms with Crippen LogP contribution in [0.5, 0.6) is 0 Å². The number of carbonyl (C=O) groups is 2. The Bertz CT molecular complexity index is 786. The maximum absolute atomic E-state index is 12.7. The minimum Gasteiger partial charge on any atom is -0.480 e. The van der Waals surface area contributed by atoms with Crippen LogP contribution in [-0.2, 0) is 9.59 Å². The fraction of sp³-hybridized carbons (Fsp3) is 0.333. The van der Waals surface area contributed by atoms with E-state index in [1.807, 2.05) is 41.3 Å². The molecule has 0 atom stereocenters. The lowest BCUT2D eigenvalue weighted by molar-refractivity contribution is -0.135. The van der Waals surface area contributed by atoms with Crippen molar-refractivity contribution in [3.63, 3.8) is 0 Å². The van der Waals surface area contributed by atoms with Crippen LogP contribution in [0.2, 0.25) is 0 Å². The van der Waals surface area contributed by atoms with Crippen molar-refractivity contribution in [3.8, 4) is 0 Å². The Morgan fingerprint density at radius 2 is 1.67 bits per heavy atom. The monoisotopic (exact) mass is 367 g/mol. The molecule has 0 aromatic heterocycles. The molecule has 0 aliphatic carbocycles. The average Bonchev–Trinajstić information content (AvgIpc) is 2.68. The zero-order valence-electron chi connectivity index (χ0n) is 15.5. The molecule has 6 nitrogen and oxygen atoms in total. The van der Waals surface area contributed by atoms with Crippen LogP contribution in [0.3, 0.4) is 0 Å². The molecule has 1 amide bonds. The summed E-state index contributed by atoms with van der Waals surface area (Å²) in [7, 11) is 0. The zero-order valence-corrected chi connectivity index (χ0v) is 15.5. The third-order valence-corrected chi connectivity index (χ3v) is 4.77. The number of aliphatic carboxylic acids is 1. The van der Waals surface area contributed by atoms with Gasteiger partial charge in [0.1, 0.15) is 6.54 Å². The number of nitrogens with zero attached hydrogens (tertiary/aromatic N) is 3. The predicted octanol–water partition coefficient (Wildman–Crippen LogP) is 2.23. The summed E-state index contributed by atoms with van der Waals surface area (Å²) in [5.74, 6) is -0.986. The molecule has 1 aliphatic heterocycles. The number of carbonyl (C=O) groups excluding carboxylic acids is 1. The third-order valence-electron chi connectivity index (χ3n) is 4.77. The molecule has 1 heterocycles. The van der Waals surface area contributed by atoms with Gasteiger partial charge in [0.2, 0.25) is 5.91 Å². The highest BCUT2D eigenvalue weighted by Gasteiger charge is 2.24. The van der Waals surface area contributed by atoms with Crippen molar-refractivity contribution in [3.05, 3.63) is 60.2 Å². The first-order chi connectivity index (χ1) is 13.0. The van der Waals surface area contributed by atoms with Gasteiger partial charge in [-0.1, -0.05) is 30.3 Å². The van der Waals surface area contributed by atoms with Crippen molar-refractivity contribution in [2.45, 2.75) is 6.92 Å². The van der Waals surface area contributed by atoms with Crippen LogP contribution < -0.4 is 9.80 Å². The minimum atomic E-state index is -0.948. The Hall–Kier alpha value is -3.02. The quantitative estimate of drug-likeness (QED) is 0.848. The van der Waals surface area contributed by atoms with Gasteiger partial charge in [0.05, 0.1) is 6.54 Å². The first-order valence-electron chi connectivity index (χ1n) is 9.14. The van der Waals surface area contributed by atoms with E-state index in [0.29, 0.717) is 13.1 Å². The molecule has 1 N–H and O–H groups in total. The van der Waals surface area contributed by atoms with Crippen molar-refractivity contribution >= 4 is 23.3 Å². The minimum absolute atomic E-state index is 0.0380. The molecule has 2 aromatic rings. The van der Waals surface area contributed by atoms with Gasteiger partial charge in [-0.3, -0.25) is 9.59 Å². The molecule has 2 aromatic carbocycles. The van der Waals surface area contributed by atoms with Gasteiger partial charge >= 0.3 is 5.97 Å². The van der Waals surface area contributed by atoms with Gasteiger partial charge in [0.15, 0.2) is 0 Å². The topological polar surface area (TPSA) is 64.1 Å². The maximum Gasteiger partial charge on any atom is 0.323 e. The molecule has 0 radical (unpaired) electrons. The van der Waals surface area contributed by atoms with Crippen LogP contribution in [0, 0.1) is 6.92 Å². The van der Waals surface area contributed by atoms with Gasteiger partial charge in [0, 0.05) is 37.6 Å². The molecule has 142 valence electrons. The lowest BCUT2D eigenvalue weighted by atomic mass is 10.2. The molecule has 0 unspecified atom stereocenters. The zero-order chi connectivity index (χ0) is 19.2. The summed E-state index contributed by atoms with van der Waals surface area (Å²) in [5, 5.41) is 9.18. The maximum atomic E-state index is 12.7. The smallest absolute Gasteiger partial charge is 0.323 e. The first-order valence-corrected chi connectivity index (χ1v) is 9.14. The van der Waals surface area contributed by atoms with E-state index in [1.54, 1.807) is 4.90 Å². The predicted molar refractivity (Wildman–Crippen MR) is 106 cm³/mol. The summed E-state index contributed by atoms with van der Waals surface area (Å²) >= 11 is 0. The van der Waals surface area contributed by atoms with Crippen LogP contribution >= 0.6 is 0 Å². The van der Waals surface area contributed by atoms with Crippen LogP contribution in [-0.4, -0.2) is 61.2 Å². The molecule has 27 heavy (non-hydrogen) atoms. The summed E-state index contributed by atoms with van der Waals surface area (Å²) in [4.78, 5) is 29.6. The number of anilines is 2. The second-order valence-electron chi connectivity index (χ2n) is 6.79. The number of piperazine rings is 1. The van der Waals surface area contributed by atoms with Gasteiger partial charge < -0.3 is 19.8 Å². The lowest BCUT2D eigenvalue weighted by Gasteiger charge is -2.37. The van der Waals surface area contributed by atoms with E-state index in [9.17, 15) is 14.7 Å². The lowest BCUT2D eigenvalue weighted by Crippen LogP contribution is -2.51. The second-order valence-corrected chi connectivity index (χ2v) is 6.79. The molecule has 1 aliphatic rings. The molecule has 0 spiro atoms. The van der Waals surface area contributed by atoms with Crippen molar-refractivity contribution in [2.24, 2.45) is 0 Å². The standard InChI is InChI=1S/C21H25N3O3/c1-17-6-5-9-19(14-17)22-10-12-23(13-11-22)20(25)15-24(16-21(26)27)18-7-3-2-4-8-18/h2-9,14H,10-13,15-16H2,1H3,(H,26,27). The van der Waals surface area contributed by atoms with E-state index in [4.69, 9.17) is 0 Å². The largest absolute Gasteiger partial charge is 0.480 e. The summed E-state index contributed by atoms with van der Waals surface area (Å²) in [6.07, 6.45) is 0. The number of carboxylic acids is 1. The first kappa shape index (κ1) is 18.8. The summed E-state index contributed by atoms with van der Waals surface area (Å²) in [6, 6.07) is 17.6. The highest BCUT2D eigenvalue weighted by atomic mass is 16.4. The summed E-state index contributed by atoms with van der Waals surface area (Å²) in [6.45, 7) is 4.79. The number of rotatable bonds is 6. The van der Waals surface area contributed by atoms with Crippen molar-refractivity contribution in [1.29, 1.82) is 0 Å². The van der Waals surface area contributed by atoms with E-state index in [1.165, 1.54) is 11.3 Å². The van der Waals surface area contributed by atoms with Gasteiger partial charge in [-0.05, 0) is 36.8 Å². The van der Waals surface area contributed by atoms with Crippen molar-refractivity contribution < 1.29 is 14.7 Å². The van der Waals surface area contributed by atoms with E-state index < -0.39 is 5.97 Å². The van der Waals surface area contributed by atoms with Crippen LogP contribution in [0.1, 0.15) is 5.56 Å². The van der Waals surface area contributed by atoms with Crippen LogP contribution in [0.4, 0.5) is 11.4 Å². The number of para-hydroxylation sites is 1. The summed E-state index contributed by atoms with van der Waals surface area (Å²) < 4.78 is 0. The van der Waals surface area contributed by atoms with Gasteiger partial charge in [-0.15, -0.1) is 0 Å². The highest BCUT2D eigenvalue weighted by molar-refractivity contribution is 5.84. The van der Waals surface area contributed by atoms with Crippen molar-refractivity contribution in [2.75, 3.05) is 49.1 Å². The molecule has 0 bridgehead atoms. The van der Waals surface area contributed by atoms with E-state index >= 15 is 0 Å². The Morgan fingerprint density at radius 3 is 2.30 bits per heavy atom. The van der Waals surface area contributed by atoms with E-state index in [0.717, 1.165) is 18.8 Å². The van der Waals surface area contributed by atoms with Crippen LogP contribution in [0.25, 0.3) is 0 Å². The molecule has 3 rings (SSSR count). The number of benzene rings is 2. The van der Waals surface area contributed by atoms with Gasteiger partial charge in [0.25, 0.3) is 0 Å². The highest BCUT2D eigenvalue weighted by Crippen LogP contribution is 2.18. The molecule has 6 heteroatoms. The molecular weight excluding hydrogens is 342 g/mol. The Labute approximate surface area is 159 Å². The van der Waals surface area contributed by atoms with E-state index in [-0.39, 0.29) is 19.0 Å². The molecule has 1 saturated heterocycles. The molecule has 0 saturated carbocycles. The van der Waals surface area contributed by atoms with Crippen molar-refractivity contribution in [1.82, 2.24) is 4.90 Å². The van der Waals surface area contributed by atoms with E-state index in [2.05, 4.69) is 30.0 Å². The Morgan fingerprint density at radius 1 is 0.963 bits per heavy atom. The van der Waals surface area contributed by atoms with Gasteiger partial charge in [-0.25, -0.2) is 0 Å². The number of carboxylic acid groups (broad SMARTS) is 1. The third kappa shape index (κ3) is 5.00. The fourth-order valence-electron chi connectivity index (χ4n) is 3.34. The SMILES string of the molecule is Cc1cccc(N2CCN(C(=O)CN(CC(=O)O)c3ccccc3)CC2)c1.